The summed E-state index contributed by atoms with van der Waals surface area (Å²) in [6.45, 7) is 6.93. The molecule has 21 heavy (non-hydrogen) atoms. The molecule has 1 N–H and O–H groups in total. The van der Waals surface area contributed by atoms with Crippen LogP contribution >= 0.6 is 0 Å². The molecule has 116 valence electrons. The van der Waals surface area contributed by atoms with Crippen molar-refractivity contribution < 1.29 is 4.74 Å². The fourth-order valence-corrected chi connectivity index (χ4v) is 2.67. The van der Waals surface area contributed by atoms with Crippen molar-refractivity contribution >= 4 is 11.0 Å². The van der Waals surface area contributed by atoms with Crippen molar-refractivity contribution in [1.29, 1.82) is 0 Å². The molecule has 2 rings (SSSR count). The van der Waals surface area contributed by atoms with Crippen molar-refractivity contribution in [2.45, 2.75) is 45.7 Å². The summed E-state index contributed by atoms with van der Waals surface area (Å²) in [4.78, 5) is 4.80. The largest absolute Gasteiger partial charge is 0.381 e. The third kappa shape index (κ3) is 4.05. The molecule has 1 unspecified atom stereocenters. The van der Waals surface area contributed by atoms with Gasteiger partial charge in [-0.25, -0.2) is 4.98 Å². The monoisotopic (exact) mass is 289 g/mol. The van der Waals surface area contributed by atoms with Gasteiger partial charge in [0.15, 0.2) is 0 Å². The summed E-state index contributed by atoms with van der Waals surface area (Å²) in [6, 6.07) is 8.77. The van der Waals surface area contributed by atoms with Crippen LogP contribution in [0.25, 0.3) is 11.0 Å². The molecule has 0 spiro atoms. The van der Waals surface area contributed by atoms with E-state index >= 15 is 0 Å². The number of imidazole rings is 1. The van der Waals surface area contributed by atoms with Crippen molar-refractivity contribution in [3.05, 3.63) is 30.1 Å². The van der Waals surface area contributed by atoms with Crippen LogP contribution in [-0.4, -0.2) is 35.9 Å². The highest BCUT2D eigenvalue weighted by Crippen LogP contribution is 2.17. The molecule has 4 heteroatoms. The predicted octanol–water partition coefficient (Wildman–Crippen LogP) is 3.00. The molecule has 0 aliphatic heterocycles. The molecule has 0 fully saturated rings. The Labute approximate surface area is 127 Å². The number of fused-ring (bicyclic) bond motifs is 1. The van der Waals surface area contributed by atoms with E-state index in [9.17, 15) is 0 Å². The molecule has 2 aromatic rings. The standard InChI is InChI=1S/C17H27N3O/c1-4-11-21-12-10-14(18-3)13-17-19-15-8-6-7-9-16(15)20(17)5-2/h6-9,14,18H,4-5,10-13H2,1-3H3. The first-order valence-corrected chi connectivity index (χ1v) is 7.99. The third-order valence-corrected chi connectivity index (χ3v) is 3.85. The van der Waals surface area contributed by atoms with Crippen LogP contribution in [0.5, 0.6) is 0 Å². The van der Waals surface area contributed by atoms with Gasteiger partial charge in [-0.15, -0.1) is 0 Å². The highest BCUT2D eigenvalue weighted by atomic mass is 16.5. The van der Waals surface area contributed by atoms with Crippen LogP contribution in [0.15, 0.2) is 24.3 Å². The molecule has 0 amide bonds. The zero-order chi connectivity index (χ0) is 15.1. The summed E-state index contributed by atoms with van der Waals surface area (Å²) < 4.78 is 7.91. The van der Waals surface area contributed by atoms with Gasteiger partial charge in [0.25, 0.3) is 0 Å². The molecular formula is C17H27N3O. The van der Waals surface area contributed by atoms with Crippen LogP contribution in [0.2, 0.25) is 0 Å². The lowest BCUT2D eigenvalue weighted by atomic mass is 10.1. The fourth-order valence-electron chi connectivity index (χ4n) is 2.67. The van der Waals surface area contributed by atoms with E-state index in [1.807, 2.05) is 13.1 Å². The maximum atomic E-state index is 5.60. The van der Waals surface area contributed by atoms with Gasteiger partial charge in [0.2, 0.25) is 0 Å². The molecule has 0 aliphatic rings. The van der Waals surface area contributed by atoms with E-state index in [0.29, 0.717) is 6.04 Å². The molecule has 0 saturated heterocycles. The Bertz CT molecular complexity index is 550. The topological polar surface area (TPSA) is 39.1 Å². The Balaban J connectivity index is 2.06. The molecule has 1 atom stereocenters. The Morgan fingerprint density at radius 1 is 1.24 bits per heavy atom. The Hall–Kier alpha value is -1.39. The first-order valence-electron chi connectivity index (χ1n) is 7.99. The summed E-state index contributed by atoms with van der Waals surface area (Å²) in [6.07, 6.45) is 3.04. The van der Waals surface area contributed by atoms with Crippen LogP contribution in [0.4, 0.5) is 0 Å². The molecule has 0 saturated carbocycles. The van der Waals surface area contributed by atoms with Crippen LogP contribution in [0.3, 0.4) is 0 Å². The molecule has 4 nitrogen and oxygen atoms in total. The average molecular weight is 289 g/mol. The lowest BCUT2D eigenvalue weighted by molar-refractivity contribution is 0.125. The fraction of sp³-hybridized carbons (Fsp3) is 0.588. The zero-order valence-corrected chi connectivity index (χ0v) is 13.4. The SMILES string of the molecule is CCCOCCC(Cc1nc2ccccc2n1CC)NC. The lowest BCUT2D eigenvalue weighted by Gasteiger charge is -2.16. The van der Waals surface area contributed by atoms with Crippen LogP contribution in [0, 0.1) is 0 Å². The van der Waals surface area contributed by atoms with Gasteiger partial charge in [0.1, 0.15) is 5.82 Å². The van der Waals surface area contributed by atoms with Gasteiger partial charge in [0.05, 0.1) is 11.0 Å². The Morgan fingerprint density at radius 3 is 2.76 bits per heavy atom. The quantitative estimate of drug-likeness (QED) is 0.721. The molecule has 0 radical (unpaired) electrons. The second-order valence-corrected chi connectivity index (χ2v) is 5.35. The number of nitrogens with zero attached hydrogens (tertiary/aromatic N) is 2. The minimum Gasteiger partial charge on any atom is -0.381 e. The van der Waals surface area contributed by atoms with Crippen molar-refractivity contribution in [3.8, 4) is 0 Å². The maximum absolute atomic E-state index is 5.60. The summed E-state index contributed by atoms with van der Waals surface area (Å²) in [5, 5.41) is 3.39. The lowest BCUT2D eigenvalue weighted by Crippen LogP contribution is -2.30. The van der Waals surface area contributed by atoms with E-state index in [1.54, 1.807) is 0 Å². The summed E-state index contributed by atoms with van der Waals surface area (Å²) in [7, 11) is 2.02. The number of hydrogen-bond donors (Lipinski definition) is 1. The van der Waals surface area contributed by atoms with E-state index < -0.39 is 0 Å². The van der Waals surface area contributed by atoms with Gasteiger partial charge in [-0.3, -0.25) is 0 Å². The number of aromatic nitrogens is 2. The normalized spacial score (nSPS) is 12.9. The number of para-hydroxylation sites is 2. The summed E-state index contributed by atoms with van der Waals surface area (Å²) in [5.74, 6) is 1.16. The van der Waals surface area contributed by atoms with Gasteiger partial charge < -0.3 is 14.6 Å². The van der Waals surface area contributed by atoms with Gasteiger partial charge in [0, 0.05) is 32.2 Å². The van der Waals surface area contributed by atoms with E-state index in [-0.39, 0.29) is 0 Å². The van der Waals surface area contributed by atoms with Crippen LogP contribution in [0.1, 0.15) is 32.5 Å². The third-order valence-electron chi connectivity index (χ3n) is 3.85. The highest BCUT2D eigenvalue weighted by molar-refractivity contribution is 5.75. The first kappa shape index (κ1) is 16.0. The molecule has 0 bridgehead atoms. The second-order valence-electron chi connectivity index (χ2n) is 5.35. The summed E-state index contributed by atoms with van der Waals surface area (Å²) >= 11 is 0. The molecular weight excluding hydrogens is 262 g/mol. The van der Waals surface area contributed by atoms with Gasteiger partial charge in [-0.1, -0.05) is 19.1 Å². The number of likely N-dealkylation sites (N-methyl/N-ethyl adjacent to an activating group) is 1. The summed E-state index contributed by atoms with van der Waals surface area (Å²) in [5.41, 5.74) is 2.32. The number of aryl methyl sites for hydroxylation is 1. The van der Waals surface area contributed by atoms with Crippen LogP contribution in [-0.2, 0) is 17.7 Å². The number of hydrogen-bond acceptors (Lipinski definition) is 3. The first-order chi connectivity index (χ1) is 10.3. The van der Waals surface area contributed by atoms with E-state index in [0.717, 1.165) is 50.4 Å². The van der Waals surface area contributed by atoms with Gasteiger partial charge >= 0.3 is 0 Å². The number of benzene rings is 1. The Morgan fingerprint density at radius 2 is 2.05 bits per heavy atom. The van der Waals surface area contributed by atoms with E-state index in [4.69, 9.17) is 9.72 Å². The zero-order valence-electron chi connectivity index (χ0n) is 13.4. The molecule has 0 aliphatic carbocycles. The van der Waals surface area contributed by atoms with E-state index in [1.165, 1.54) is 5.52 Å². The Kier molecular flexibility index (Phi) is 6.21. The smallest absolute Gasteiger partial charge is 0.111 e. The van der Waals surface area contributed by atoms with Crippen molar-refractivity contribution in [2.24, 2.45) is 0 Å². The van der Waals surface area contributed by atoms with Gasteiger partial charge in [-0.05, 0) is 38.9 Å². The molecule has 1 aromatic carbocycles. The van der Waals surface area contributed by atoms with Crippen molar-refractivity contribution in [2.75, 3.05) is 20.3 Å². The molecule has 1 heterocycles. The van der Waals surface area contributed by atoms with Crippen LogP contribution < -0.4 is 5.32 Å². The number of rotatable bonds is 9. The maximum Gasteiger partial charge on any atom is 0.111 e. The average Bonchev–Trinajstić information content (AvgIpc) is 2.87. The van der Waals surface area contributed by atoms with Gasteiger partial charge in [-0.2, -0.15) is 0 Å². The molecule has 1 aromatic heterocycles. The second kappa shape index (κ2) is 8.15. The number of ether oxygens (including phenoxy) is 1. The van der Waals surface area contributed by atoms with Crippen molar-refractivity contribution in [1.82, 2.24) is 14.9 Å². The van der Waals surface area contributed by atoms with Crippen molar-refractivity contribution in [3.63, 3.8) is 0 Å². The minimum atomic E-state index is 0.406. The number of nitrogens with one attached hydrogen (secondary N) is 1. The van der Waals surface area contributed by atoms with E-state index in [2.05, 4.69) is 41.9 Å². The highest BCUT2D eigenvalue weighted by Gasteiger charge is 2.14. The predicted molar refractivity (Wildman–Crippen MR) is 87.7 cm³/mol. The minimum absolute atomic E-state index is 0.406.